The normalized spacial score (nSPS) is 21.6. The third-order valence-electron chi connectivity index (χ3n) is 4.17. The summed E-state index contributed by atoms with van der Waals surface area (Å²) in [6.45, 7) is 5.48. The van der Waals surface area contributed by atoms with E-state index in [4.69, 9.17) is 4.74 Å². The van der Waals surface area contributed by atoms with Crippen molar-refractivity contribution >= 4 is 6.09 Å². The van der Waals surface area contributed by atoms with Gasteiger partial charge in [-0.05, 0) is 51.2 Å². The Labute approximate surface area is 126 Å². The van der Waals surface area contributed by atoms with Crippen LogP contribution in [0.2, 0.25) is 0 Å². The van der Waals surface area contributed by atoms with Crippen LogP contribution in [0.1, 0.15) is 38.3 Å². The van der Waals surface area contributed by atoms with Gasteiger partial charge >= 0.3 is 6.09 Å². The number of amides is 1. The third-order valence-corrected chi connectivity index (χ3v) is 4.17. The summed E-state index contributed by atoms with van der Waals surface area (Å²) in [5.74, 6) is 0. The summed E-state index contributed by atoms with van der Waals surface area (Å²) in [4.78, 5) is 13.9. The maximum Gasteiger partial charge on any atom is 0.410 e. The van der Waals surface area contributed by atoms with Gasteiger partial charge in [0, 0.05) is 7.05 Å². The minimum absolute atomic E-state index is 0.0585. The van der Waals surface area contributed by atoms with Crippen molar-refractivity contribution in [3.8, 4) is 0 Å². The van der Waals surface area contributed by atoms with E-state index in [0.717, 1.165) is 12.8 Å². The Bertz CT molecular complexity index is 521. The van der Waals surface area contributed by atoms with E-state index in [1.165, 1.54) is 11.1 Å². The maximum atomic E-state index is 12.3. The summed E-state index contributed by atoms with van der Waals surface area (Å²) in [6.07, 6.45) is 1.89. The van der Waals surface area contributed by atoms with Crippen LogP contribution in [0.15, 0.2) is 24.3 Å². The monoisotopic (exact) mass is 291 g/mol. The second-order valence-electron chi connectivity index (χ2n) is 6.87. The van der Waals surface area contributed by atoms with E-state index < -0.39 is 11.1 Å². The molecule has 1 aromatic rings. The van der Waals surface area contributed by atoms with E-state index in [1.807, 2.05) is 32.9 Å². The molecule has 21 heavy (non-hydrogen) atoms. The zero-order valence-corrected chi connectivity index (χ0v) is 13.3. The molecule has 0 spiro atoms. The van der Waals surface area contributed by atoms with Crippen LogP contribution in [0, 0.1) is 0 Å². The molecule has 2 rings (SSSR count). The van der Waals surface area contributed by atoms with Crippen molar-refractivity contribution in [3.05, 3.63) is 35.4 Å². The topological polar surface area (TPSA) is 49.8 Å². The van der Waals surface area contributed by atoms with Gasteiger partial charge in [0.25, 0.3) is 0 Å². The van der Waals surface area contributed by atoms with Crippen molar-refractivity contribution in [3.63, 3.8) is 0 Å². The van der Waals surface area contributed by atoms with Gasteiger partial charge in [0.1, 0.15) is 5.60 Å². The fraction of sp³-hybridized carbons (Fsp3) is 0.588. The highest BCUT2D eigenvalue weighted by molar-refractivity contribution is 5.69. The summed E-state index contributed by atoms with van der Waals surface area (Å²) in [6, 6.07) is 8.22. The van der Waals surface area contributed by atoms with Crippen molar-refractivity contribution in [2.45, 2.75) is 51.2 Å². The number of hydrogen-bond acceptors (Lipinski definition) is 3. The lowest BCUT2D eigenvalue weighted by Gasteiger charge is -2.44. The first kappa shape index (κ1) is 15.8. The van der Waals surface area contributed by atoms with Crippen molar-refractivity contribution in [2.24, 2.45) is 0 Å². The zero-order chi connectivity index (χ0) is 15.7. The van der Waals surface area contributed by atoms with Crippen LogP contribution < -0.4 is 0 Å². The van der Waals surface area contributed by atoms with Crippen LogP contribution in [0.25, 0.3) is 0 Å². The Morgan fingerprint density at radius 3 is 2.52 bits per heavy atom. The third kappa shape index (κ3) is 3.38. The molecule has 4 nitrogen and oxygen atoms in total. The van der Waals surface area contributed by atoms with E-state index in [1.54, 1.807) is 11.9 Å². The quantitative estimate of drug-likeness (QED) is 0.911. The van der Waals surface area contributed by atoms with Gasteiger partial charge < -0.3 is 14.7 Å². The number of fused-ring (bicyclic) bond motifs is 1. The van der Waals surface area contributed by atoms with E-state index in [9.17, 15) is 9.90 Å². The van der Waals surface area contributed by atoms with Gasteiger partial charge in [0.2, 0.25) is 0 Å². The van der Waals surface area contributed by atoms with Gasteiger partial charge in [-0.2, -0.15) is 0 Å². The maximum absolute atomic E-state index is 12.3. The molecular weight excluding hydrogens is 266 g/mol. The van der Waals surface area contributed by atoms with Crippen LogP contribution in [-0.4, -0.2) is 40.9 Å². The number of aryl methyl sites for hydroxylation is 1. The zero-order valence-electron chi connectivity index (χ0n) is 13.3. The van der Waals surface area contributed by atoms with E-state index in [2.05, 4.69) is 12.1 Å². The Morgan fingerprint density at radius 1 is 1.33 bits per heavy atom. The van der Waals surface area contributed by atoms with Crippen LogP contribution in [0.3, 0.4) is 0 Å². The van der Waals surface area contributed by atoms with Gasteiger partial charge in [-0.1, -0.05) is 24.3 Å². The number of ether oxygens (including phenoxy) is 1. The molecule has 1 amide bonds. The predicted octanol–water partition coefficient (Wildman–Crippen LogP) is 2.77. The van der Waals surface area contributed by atoms with Crippen LogP contribution in [-0.2, 0) is 17.6 Å². The second kappa shape index (κ2) is 5.68. The molecule has 0 bridgehead atoms. The van der Waals surface area contributed by atoms with Crippen molar-refractivity contribution < 1.29 is 14.6 Å². The molecule has 0 aliphatic heterocycles. The summed E-state index contributed by atoms with van der Waals surface area (Å²) in [5, 5.41) is 9.94. The summed E-state index contributed by atoms with van der Waals surface area (Å²) < 4.78 is 5.44. The molecule has 1 N–H and O–H groups in total. The van der Waals surface area contributed by atoms with Crippen LogP contribution in [0.5, 0.6) is 0 Å². The molecular formula is C17H25NO3. The molecule has 0 saturated heterocycles. The number of aliphatic hydroxyl groups excluding tert-OH is 1. The largest absolute Gasteiger partial charge is 0.444 e. The number of carbonyl (C=O) groups excluding carboxylic acids is 1. The fourth-order valence-electron chi connectivity index (χ4n) is 2.84. The van der Waals surface area contributed by atoms with Gasteiger partial charge in [0.05, 0.1) is 12.1 Å². The van der Waals surface area contributed by atoms with E-state index in [0.29, 0.717) is 6.42 Å². The molecule has 0 aromatic heterocycles. The molecule has 0 radical (unpaired) electrons. The number of benzene rings is 1. The minimum Gasteiger partial charge on any atom is -0.444 e. The Morgan fingerprint density at radius 2 is 1.95 bits per heavy atom. The molecule has 1 unspecified atom stereocenters. The SMILES string of the molecule is CN(C(=O)OC(C)(C)C)C1(CO)CCc2ccccc2C1. The first-order valence-electron chi connectivity index (χ1n) is 7.42. The lowest BCUT2D eigenvalue weighted by atomic mass is 9.77. The van der Waals surface area contributed by atoms with Gasteiger partial charge in [0.15, 0.2) is 0 Å². The average Bonchev–Trinajstić information content (AvgIpc) is 2.44. The van der Waals surface area contributed by atoms with Crippen LogP contribution >= 0.6 is 0 Å². The average molecular weight is 291 g/mol. The van der Waals surface area contributed by atoms with Crippen molar-refractivity contribution in [2.75, 3.05) is 13.7 Å². The molecule has 1 atom stereocenters. The van der Waals surface area contributed by atoms with E-state index >= 15 is 0 Å². The molecule has 0 saturated carbocycles. The fourth-order valence-corrected chi connectivity index (χ4v) is 2.84. The van der Waals surface area contributed by atoms with Crippen molar-refractivity contribution in [1.82, 2.24) is 4.90 Å². The van der Waals surface area contributed by atoms with Crippen LogP contribution in [0.4, 0.5) is 4.79 Å². The molecule has 1 aliphatic rings. The molecule has 1 aromatic carbocycles. The highest BCUT2D eigenvalue weighted by atomic mass is 16.6. The highest BCUT2D eigenvalue weighted by Gasteiger charge is 2.41. The van der Waals surface area contributed by atoms with Crippen molar-refractivity contribution in [1.29, 1.82) is 0 Å². The number of rotatable bonds is 2. The number of likely N-dealkylation sites (N-methyl/N-ethyl adjacent to an activating group) is 1. The lowest BCUT2D eigenvalue weighted by Crippen LogP contribution is -2.56. The molecule has 116 valence electrons. The first-order chi connectivity index (χ1) is 9.77. The standard InChI is InChI=1S/C17H25NO3/c1-16(2,3)21-15(20)18(4)17(12-19)10-9-13-7-5-6-8-14(13)11-17/h5-8,19H,9-12H2,1-4H3. The summed E-state index contributed by atoms with van der Waals surface area (Å²) in [7, 11) is 1.72. The second-order valence-corrected chi connectivity index (χ2v) is 6.87. The Hall–Kier alpha value is -1.55. The smallest absolute Gasteiger partial charge is 0.410 e. The number of aliphatic hydroxyl groups is 1. The molecule has 0 fully saturated rings. The number of nitrogens with zero attached hydrogens (tertiary/aromatic N) is 1. The van der Waals surface area contributed by atoms with Gasteiger partial charge in [-0.25, -0.2) is 4.79 Å². The van der Waals surface area contributed by atoms with Gasteiger partial charge in [-0.3, -0.25) is 0 Å². The Kier molecular flexibility index (Phi) is 4.28. The molecule has 1 aliphatic carbocycles. The van der Waals surface area contributed by atoms with Gasteiger partial charge in [-0.15, -0.1) is 0 Å². The molecule has 0 heterocycles. The lowest BCUT2D eigenvalue weighted by molar-refractivity contribution is -0.0139. The molecule has 4 heteroatoms. The Balaban J connectivity index is 2.21. The minimum atomic E-state index is -0.573. The number of hydrogen-bond donors (Lipinski definition) is 1. The van der Waals surface area contributed by atoms with E-state index in [-0.39, 0.29) is 12.7 Å². The number of carbonyl (C=O) groups is 1. The first-order valence-corrected chi connectivity index (χ1v) is 7.42. The summed E-state index contributed by atoms with van der Waals surface area (Å²) in [5.41, 5.74) is 1.40. The summed E-state index contributed by atoms with van der Waals surface area (Å²) >= 11 is 0. The predicted molar refractivity (Wildman–Crippen MR) is 82.3 cm³/mol. The highest BCUT2D eigenvalue weighted by Crippen LogP contribution is 2.33.